The maximum atomic E-state index is 11.8. The first-order valence-corrected chi connectivity index (χ1v) is 8.38. The van der Waals surface area contributed by atoms with Gasteiger partial charge in [0.1, 0.15) is 6.61 Å². The summed E-state index contributed by atoms with van der Waals surface area (Å²) in [5.41, 5.74) is 1.27. The summed E-state index contributed by atoms with van der Waals surface area (Å²) in [6, 6.07) is 8.22. The molecule has 0 unspecified atom stereocenters. The first kappa shape index (κ1) is 18.2. The molecule has 1 aliphatic rings. The molecule has 1 N–H and O–H groups in total. The summed E-state index contributed by atoms with van der Waals surface area (Å²) in [6.07, 6.45) is 1.94. The van der Waals surface area contributed by atoms with Crippen molar-refractivity contribution < 1.29 is 14.3 Å². The van der Waals surface area contributed by atoms with E-state index in [4.69, 9.17) is 21.1 Å². The zero-order chi connectivity index (χ0) is 16.5. The highest BCUT2D eigenvalue weighted by Gasteiger charge is 2.20. The molecule has 6 heteroatoms. The quantitative estimate of drug-likeness (QED) is 0.736. The highest BCUT2D eigenvalue weighted by Crippen LogP contribution is 2.15. The van der Waals surface area contributed by atoms with Crippen LogP contribution in [0, 0.1) is 0 Å². The van der Waals surface area contributed by atoms with Crippen LogP contribution < -0.4 is 5.32 Å². The molecule has 1 aliphatic heterocycles. The lowest BCUT2D eigenvalue weighted by atomic mass is 10.0. The normalized spacial score (nSPS) is 16.4. The summed E-state index contributed by atoms with van der Waals surface area (Å²) in [4.78, 5) is 14.2. The maximum Gasteiger partial charge on any atom is 0.246 e. The number of rotatable bonds is 8. The number of hydrogen-bond acceptors (Lipinski definition) is 4. The third kappa shape index (κ3) is 6.87. The van der Waals surface area contributed by atoms with Gasteiger partial charge >= 0.3 is 0 Å². The van der Waals surface area contributed by atoms with Gasteiger partial charge in [-0.15, -0.1) is 0 Å². The lowest BCUT2D eigenvalue weighted by molar-refractivity contribution is -0.127. The molecule has 0 aromatic heterocycles. The minimum atomic E-state index is -0.0442. The van der Waals surface area contributed by atoms with Gasteiger partial charge in [-0.1, -0.05) is 23.7 Å². The van der Waals surface area contributed by atoms with Gasteiger partial charge in [0.05, 0.1) is 13.2 Å². The Hall–Kier alpha value is -1.14. The monoisotopic (exact) mass is 340 g/mol. The average Bonchev–Trinajstić information content (AvgIpc) is 2.56. The molecule has 1 saturated heterocycles. The predicted molar refractivity (Wildman–Crippen MR) is 90.6 cm³/mol. The van der Waals surface area contributed by atoms with Crippen molar-refractivity contribution in [1.82, 2.24) is 10.2 Å². The molecule has 0 atom stereocenters. The van der Waals surface area contributed by atoms with Crippen LogP contribution in [-0.4, -0.2) is 56.9 Å². The molecule has 0 spiro atoms. The zero-order valence-corrected chi connectivity index (χ0v) is 14.3. The Morgan fingerprint density at radius 2 is 1.96 bits per heavy atom. The Morgan fingerprint density at radius 3 is 2.61 bits per heavy atom. The van der Waals surface area contributed by atoms with Crippen LogP contribution in [0.4, 0.5) is 0 Å². The van der Waals surface area contributed by atoms with E-state index < -0.39 is 0 Å². The van der Waals surface area contributed by atoms with E-state index in [2.05, 4.69) is 22.3 Å². The summed E-state index contributed by atoms with van der Waals surface area (Å²) in [7, 11) is 1.61. The van der Waals surface area contributed by atoms with Crippen molar-refractivity contribution in [1.29, 1.82) is 0 Å². The number of hydrogen-bond donors (Lipinski definition) is 1. The largest absolute Gasteiger partial charge is 0.382 e. The standard InChI is InChI=1S/C17H25ClN2O3/c1-22-10-11-23-13-17(21)19-16-6-8-20(9-7-16)12-14-2-4-15(18)5-3-14/h2-5,16H,6-13H2,1H3,(H,19,21). The van der Waals surface area contributed by atoms with Crippen molar-refractivity contribution in [3.05, 3.63) is 34.9 Å². The second-order valence-corrected chi connectivity index (χ2v) is 6.23. The zero-order valence-electron chi connectivity index (χ0n) is 13.6. The first-order chi connectivity index (χ1) is 11.2. The number of benzene rings is 1. The van der Waals surface area contributed by atoms with Gasteiger partial charge in [-0.25, -0.2) is 0 Å². The molecule has 0 bridgehead atoms. The van der Waals surface area contributed by atoms with Crippen LogP contribution in [0.5, 0.6) is 0 Å². The Labute approximate surface area is 142 Å². The summed E-state index contributed by atoms with van der Waals surface area (Å²) < 4.78 is 10.1. The number of nitrogens with one attached hydrogen (secondary N) is 1. The second kappa shape index (κ2) is 9.88. The topological polar surface area (TPSA) is 50.8 Å². The molecule has 1 aromatic rings. The Bertz CT molecular complexity index is 473. The lowest BCUT2D eigenvalue weighted by Gasteiger charge is -2.32. The van der Waals surface area contributed by atoms with Gasteiger partial charge in [0.2, 0.25) is 5.91 Å². The first-order valence-electron chi connectivity index (χ1n) is 8.00. The van der Waals surface area contributed by atoms with Crippen LogP contribution in [0.2, 0.25) is 5.02 Å². The number of ether oxygens (including phenoxy) is 2. The van der Waals surface area contributed by atoms with Crippen molar-refractivity contribution in [2.24, 2.45) is 0 Å². The molecule has 2 rings (SSSR count). The summed E-state index contributed by atoms with van der Waals surface area (Å²) in [5, 5.41) is 3.81. The summed E-state index contributed by atoms with van der Waals surface area (Å²) in [5.74, 6) is -0.0442. The van der Waals surface area contributed by atoms with Crippen LogP contribution in [0.25, 0.3) is 0 Å². The van der Waals surface area contributed by atoms with Crippen LogP contribution in [0.3, 0.4) is 0 Å². The van der Waals surface area contributed by atoms with Crippen molar-refractivity contribution in [2.45, 2.75) is 25.4 Å². The average molecular weight is 341 g/mol. The van der Waals surface area contributed by atoms with Crippen LogP contribution >= 0.6 is 11.6 Å². The van der Waals surface area contributed by atoms with Crippen LogP contribution in [0.15, 0.2) is 24.3 Å². The number of methoxy groups -OCH3 is 1. The molecule has 0 saturated carbocycles. The molecule has 23 heavy (non-hydrogen) atoms. The fourth-order valence-corrected chi connectivity index (χ4v) is 2.79. The van der Waals surface area contributed by atoms with Gasteiger partial charge in [0.25, 0.3) is 0 Å². The maximum absolute atomic E-state index is 11.8. The number of carbonyl (C=O) groups excluding carboxylic acids is 1. The van der Waals surface area contributed by atoms with E-state index in [1.807, 2.05) is 12.1 Å². The highest BCUT2D eigenvalue weighted by molar-refractivity contribution is 6.30. The highest BCUT2D eigenvalue weighted by atomic mass is 35.5. The Kier molecular flexibility index (Phi) is 7.82. The van der Waals surface area contributed by atoms with Gasteiger partial charge in [0, 0.05) is 37.8 Å². The molecule has 1 aromatic carbocycles. The molecule has 0 aliphatic carbocycles. The van der Waals surface area contributed by atoms with E-state index in [1.165, 1.54) is 5.56 Å². The molecule has 5 nitrogen and oxygen atoms in total. The second-order valence-electron chi connectivity index (χ2n) is 5.79. The Balaban J connectivity index is 1.63. The number of likely N-dealkylation sites (tertiary alicyclic amines) is 1. The molecule has 1 fully saturated rings. The Morgan fingerprint density at radius 1 is 1.26 bits per heavy atom. The molecular weight excluding hydrogens is 316 g/mol. The van der Waals surface area contributed by atoms with Crippen LogP contribution in [-0.2, 0) is 20.8 Å². The van der Waals surface area contributed by atoms with Crippen molar-refractivity contribution in [3.63, 3.8) is 0 Å². The minimum absolute atomic E-state index is 0.0442. The van der Waals surface area contributed by atoms with Crippen LogP contribution in [0.1, 0.15) is 18.4 Å². The van der Waals surface area contributed by atoms with E-state index >= 15 is 0 Å². The van der Waals surface area contributed by atoms with Crippen molar-refractivity contribution in [2.75, 3.05) is 40.0 Å². The molecular formula is C17H25ClN2O3. The van der Waals surface area contributed by atoms with E-state index in [-0.39, 0.29) is 18.6 Å². The van der Waals surface area contributed by atoms with E-state index in [0.717, 1.165) is 37.5 Å². The van der Waals surface area contributed by atoms with Gasteiger partial charge in [-0.05, 0) is 30.5 Å². The van der Waals surface area contributed by atoms with E-state index in [9.17, 15) is 4.79 Å². The molecule has 128 valence electrons. The predicted octanol–water partition coefficient (Wildman–Crippen LogP) is 2.08. The number of amides is 1. The number of carbonyl (C=O) groups is 1. The number of halogens is 1. The third-order valence-corrected chi connectivity index (χ3v) is 4.19. The minimum Gasteiger partial charge on any atom is -0.382 e. The molecule has 1 amide bonds. The SMILES string of the molecule is COCCOCC(=O)NC1CCN(Cc2ccc(Cl)cc2)CC1. The van der Waals surface area contributed by atoms with Gasteiger partial charge < -0.3 is 14.8 Å². The number of piperidine rings is 1. The van der Waals surface area contributed by atoms with Gasteiger partial charge in [0.15, 0.2) is 0 Å². The third-order valence-electron chi connectivity index (χ3n) is 3.94. The van der Waals surface area contributed by atoms with E-state index in [1.54, 1.807) is 7.11 Å². The number of nitrogens with zero attached hydrogens (tertiary/aromatic N) is 1. The lowest BCUT2D eigenvalue weighted by Crippen LogP contribution is -2.45. The molecule has 0 radical (unpaired) electrons. The smallest absolute Gasteiger partial charge is 0.246 e. The summed E-state index contributed by atoms with van der Waals surface area (Å²) >= 11 is 5.90. The van der Waals surface area contributed by atoms with Crippen molar-refractivity contribution >= 4 is 17.5 Å². The van der Waals surface area contributed by atoms with Crippen molar-refractivity contribution in [3.8, 4) is 0 Å². The van der Waals surface area contributed by atoms with Gasteiger partial charge in [-0.2, -0.15) is 0 Å². The molecule has 1 heterocycles. The van der Waals surface area contributed by atoms with E-state index in [0.29, 0.717) is 13.2 Å². The fourth-order valence-electron chi connectivity index (χ4n) is 2.66. The summed E-state index contributed by atoms with van der Waals surface area (Å²) in [6.45, 7) is 3.96. The van der Waals surface area contributed by atoms with Gasteiger partial charge in [-0.3, -0.25) is 9.69 Å². The fraction of sp³-hybridized carbons (Fsp3) is 0.588.